The number of aromatic amines is 1. The Morgan fingerprint density at radius 1 is 1.28 bits per heavy atom. The molecule has 2 N–H and O–H groups in total. The number of rotatable bonds is 3. The van der Waals surface area contributed by atoms with Gasteiger partial charge in [0.15, 0.2) is 0 Å². The minimum Gasteiger partial charge on any atom is -0.480 e. The van der Waals surface area contributed by atoms with Crippen molar-refractivity contribution in [1.82, 2.24) is 14.3 Å². The number of carboxylic acid groups (broad SMARTS) is 1. The van der Waals surface area contributed by atoms with Crippen molar-refractivity contribution in [2.24, 2.45) is 0 Å². The zero-order chi connectivity index (χ0) is 18.4. The van der Waals surface area contributed by atoms with Gasteiger partial charge in [0.25, 0.3) is 0 Å². The Bertz CT molecular complexity index is 895. The molecule has 7 nitrogen and oxygen atoms in total. The number of imidazole rings is 1. The molecule has 0 saturated heterocycles. The van der Waals surface area contributed by atoms with Crippen LogP contribution in [0.4, 0.5) is 0 Å². The number of aromatic nitrogens is 2. The molecule has 0 aliphatic carbocycles. The van der Waals surface area contributed by atoms with E-state index in [2.05, 4.69) is 9.97 Å². The number of nitrogens with one attached hydrogen (secondary N) is 1. The van der Waals surface area contributed by atoms with E-state index < -0.39 is 22.0 Å². The van der Waals surface area contributed by atoms with Crippen LogP contribution in [0.2, 0.25) is 0 Å². The topological polar surface area (TPSA) is 103 Å². The van der Waals surface area contributed by atoms with Gasteiger partial charge in [-0.05, 0) is 23.1 Å². The molecule has 0 radical (unpaired) electrons. The summed E-state index contributed by atoms with van der Waals surface area (Å²) in [5, 5.41) is 9.49. The maximum atomic E-state index is 13.0. The molecule has 1 aromatic carbocycles. The lowest BCUT2D eigenvalue weighted by molar-refractivity contribution is -0.141. The molecular formula is C17H21N3O4S. The molecule has 1 unspecified atom stereocenters. The molecule has 1 aromatic heterocycles. The Labute approximate surface area is 146 Å². The number of carboxylic acids is 1. The van der Waals surface area contributed by atoms with Crippen LogP contribution < -0.4 is 0 Å². The molecule has 2 aromatic rings. The van der Waals surface area contributed by atoms with E-state index in [9.17, 15) is 18.3 Å². The molecule has 0 bridgehead atoms. The summed E-state index contributed by atoms with van der Waals surface area (Å²) < 4.78 is 27.1. The first-order valence-electron chi connectivity index (χ1n) is 7.97. The molecule has 1 atom stereocenters. The molecule has 0 saturated carbocycles. The number of fused-ring (bicyclic) bond motifs is 1. The maximum absolute atomic E-state index is 13.0. The first-order chi connectivity index (χ1) is 11.6. The lowest BCUT2D eigenvalue weighted by Gasteiger charge is -2.31. The highest BCUT2D eigenvalue weighted by Crippen LogP contribution is 2.29. The maximum Gasteiger partial charge on any atom is 0.322 e. The summed E-state index contributed by atoms with van der Waals surface area (Å²) in [6, 6.07) is 5.46. The number of benzene rings is 1. The van der Waals surface area contributed by atoms with Crippen molar-refractivity contribution in [3.63, 3.8) is 0 Å². The summed E-state index contributed by atoms with van der Waals surface area (Å²) in [5.41, 5.74) is 2.15. The standard InChI is InChI=1S/C17H21N3O4S/c1-17(2,3)11-4-6-12(7-5-11)25(23,24)20-9-14-13(18-10-19-14)8-15(20)16(21)22/h4-7,10,15H,8-9H2,1-3H3,(H,18,19)(H,21,22). The van der Waals surface area contributed by atoms with E-state index >= 15 is 0 Å². The van der Waals surface area contributed by atoms with Crippen LogP contribution in [-0.4, -0.2) is 39.8 Å². The Morgan fingerprint density at radius 2 is 1.92 bits per heavy atom. The summed E-state index contributed by atoms with van der Waals surface area (Å²) >= 11 is 0. The summed E-state index contributed by atoms with van der Waals surface area (Å²) in [6.07, 6.45) is 1.51. The van der Waals surface area contributed by atoms with Gasteiger partial charge >= 0.3 is 5.97 Å². The summed E-state index contributed by atoms with van der Waals surface area (Å²) in [4.78, 5) is 18.7. The van der Waals surface area contributed by atoms with Crippen LogP contribution in [0.25, 0.3) is 0 Å². The normalized spacial score (nSPS) is 18.8. The van der Waals surface area contributed by atoms with Crippen molar-refractivity contribution in [3.05, 3.63) is 47.5 Å². The predicted octanol–water partition coefficient (Wildman–Crippen LogP) is 1.91. The minimum absolute atomic E-state index is 0.0321. The van der Waals surface area contributed by atoms with Gasteiger partial charge in [-0.15, -0.1) is 0 Å². The highest BCUT2D eigenvalue weighted by Gasteiger charge is 2.40. The lowest BCUT2D eigenvalue weighted by atomic mass is 9.87. The van der Waals surface area contributed by atoms with Gasteiger partial charge in [-0.25, -0.2) is 13.4 Å². The molecular weight excluding hydrogens is 342 g/mol. The van der Waals surface area contributed by atoms with E-state index in [4.69, 9.17) is 0 Å². The zero-order valence-corrected chi connectivity index (χ0v) is 15.2. The fourth-order valence-corrected chi connectivity index (χ4v) is 4.49. The second-order valence-corrected chi connectivity index (χ2v) is 9.10. The van der Waals surface area contributed by atoms with Crippen molar-refractivity contribution >= 4 is 16.0 Å². The molecule has 1 aliphatic rings. The van der Waals surface area contributed by atoms with E-state index in [-0.39, 0.29) is 23.3 Å². The quantitative estimate of drug-likeness (QED) is 0.867. The van der Waals surface area contributed by atoms with Crippen LogP contribution in [0.1, 0.15) is 37.7 Å². The molecule has 1 aliphatic heterocycles. The first-order valence-corrected chi connectivity index (χ1v) is 9.41. The Kier molecular flexibility index (Phi) is 4.20. The molecule has 2 heterocycles. The second kappa shape index (κ2) is 5.96. The van der Waals surface area contributed by atoms with E-state index in [1.54, 1.807) is 12.1 Å². The fourth-order valence-electron chi connectivity index (χ4n) is 2.94. The minimum atomic E-state index is -3.93. The van der Waals surface area contributed by atoms with Gasteiger partial charge in [0.1, 0.15) is 6.04 Å². The zero-order valence-electron chi connectivity index (χ0n) is 14.4. The van der Waals surface area contributed by atoms with Crippen LogP contribution in [0, 0.1) is 0 Å². The Morgan fingerprint density at radius 3 is 2.48 bits per heavy atom. The fraction of sp³-hybridized carbons (Fsp3) is 0.412. The molecule has 3 rings (SSSR count). The van der Waals surface area contributed by atoms with Crippen molar-refractivity contribution in [2.45, 2.75) is 50.1 Å². The SMILES string of the molecule is CC(C)(C)c1ccc(S(=O)(=O)N2Cc3[nH]cnc3CC2C(=O)O)cc1. The Hall–Kier alpha value is -2.19. The smallest absolute Gasteiger partial charge is 0.322 e. The molecule has 0 fully saturated rings. The van der Waals surface area contributed by atoms with E-state index in [1.165, 1.54) is 18.5 Å². The van der Waals surface area contributed by atoms with Crippen molar-refractivity contribution < 1.29 is 18.3 Å². The van der Waals surface area contributed by atoms with E-state index in [1.807, 2.05) is 20.8 Å². The van der Waals surface area contributed by atoms with E-state index in [0.717, 1.165) is 9.87 Å². The van der Waals surface area contributed by atoms with Gasteiger partial charge in [0.05, 0.1) is 29.2 Å². The highest BCUT2D eigenvalue weighted by molar-refractivity contribution is 7.89. The van der Waals surface area contributed by atoms with Crippen molar-refractivity contribution in [2.75, 3.05) is 0 Å². The van der Waals surface area contributed by atoms with Crippen molar-refractivity contribution in [3.8, 4) is 0 Å². The highest BCUT2D eigenvalue weighted by atomic mass is 32.2. The molecule has 134 valence electrons. The van der Waals surface area contributed by atoms with Crippen LogP contribution in [0.3, 0.4) is 0 Å². The van der Waals surface area contributed by atoms with Crippen LogP contribution in [-0.2, 0) is 33.2 Å². The lowest BCUT2D eigenvalue weighted by Crippen LogP contribution is -2.48. The number of aliphatic carboxylic acids is 1. The van der Waals surface area contributed by atoms with Gasteiger partial charge in [-0.3, -0.25) is 4.79 Å². The summed E-state index contributed by atoms with van der Waals surface area (Å²) in [5.74, 6) is -1.18. The number of hydrogen-bond donors (Lipinski definition) is 2. The van der Waals surface area contributed by atoms with Gasteiger partial charge in [0, 0.05) is 6.42 Å². The average molecular weight is 363 g/mol. The van der Waals surface area contributed by atoms with Gasteiger partial charge in [0.2, 0.25) is 10.0 Å². The number of hydrogen-bond acceptors (Lipinski definition) is 4. The summed E-state index contributed by atoms with van der Waals surface area (Å²) in [7, 11) is -3.93. The molecule has 25 heavy (non-hydrogen) atoms. The average Bonchev–Trinajstić information content (AvgIpc) is 3.00. The number of sulfonamides is 1. The van der Waals surface area contributed by atoms with Crippen LogP contribution in [0.15, 0.2) is 35.5 Å². The third kappa shape index (κ3) is 3.19. The first kappa shape index (κ1) is 17.6. The monoisotopic (exact) mass is 363 g/mol. The van der Waals surface area contributed by atoms with Gasteiger partial charge < -0.3 is 10.1 Å². The third-order valence-corrected chi connectivity index (χ3v) is 6.34. The number of carbonyl (C=O) groups is 1. The van der Waals surface area contributed by atoms with Crippen molar-refractivity contribution in [1.29, 1.82) is 0 Å². The number of nitrogens with zero attached hydrogens (tertiary/aromatic N) is 2. The van der Waals surface area contributed by atoms with E-state index in [0.29, 0.717) is 11.4 Å². The second-order valence-electron chi connectivity index (χ2n) is 7.21. The molecule has 0 spiro atoms. The van der Waals surface area contributed by atoms with Crippen LogP contribution in [0.5, 0.6) is 0 Å². The molecule has 8 heteroatoms. The largest absolute Gasteiger partial charge is 0.480 e. The van der Waals surface area contributed by atoms with Crippen LogP contribution >= 0.6 is 0 Å². The summed E-state index contributed by atoms with van der Waals surface area (Å²) in [6.45, 7) is 6.10. The third-order valence-electron chi connectivity index (χ3n) is 4.47. The predicted molar refractivity (Wildman–Crippen MR) is 91.6 cm³/mol. The van der Waals surface area contributed by atoms with Gasteiger partial charge in [-0.2, -0.15) is 4.31 Å². The van der Waals surface area contributed by atoms with Gasteiger partial charge in [-0.1, -0.05) is 32.9 Å². The molecule has 0 amide bonds. The Balaban J connectivity index is 1.99. The number of H-pyrrole nitrogens is 1.